The second kappa shape index (κ2) is 4.59. The van der Waals surface area contributed by atoms with Gasteiger partial charge in [-0.25, -0.2) is 4.79 Å². The summed E-state index contributed by atoms with van der Waals surface area (Å²) in [4.78, 5) is 25.8. The van der Waals surface area contributed by atoms with Gasteiger partial charge in [-0.15, -0.1) is 0 Å². The van der Waals surface area contributed by atoms with Gasteiger partial charge in [0.1, 0.15) is 5.15 Å². The molecule has 2 aromatic rings. The Hall–Kier alpha value is -1.81. The molecule has 5 heteroatoms. The van der Waals surface area contributed by atoms with E-state index in [0.717, 1.165) is 10.1 Å². The van der Waals surface area contributed by atoms with E-state index < -0.39 is 11.2 Å². The van der Waals surface area contributed by atoms with E-state index in [1.165, 1.54) is 6.07 Å². The van der Waals surface area contributed by atoms with Crippen molar-refractivity contribution in [1.29, 1.82) is 0 Å². The molecule has 0 fully saturated rings. The number of aromatic nitrogens is 2. The summed E-state index contributed by atoms with van der Waals surface area (Å²) in [5, 5.41) is 0.0523. The lowest BCUT2D eigenvalue weighted by Gasteiger charge is -2.13. The molecular formula is C12H11ClN2O2. The summed E-state index contributed by atoms with van der Waals surface area (Å²) in [6.07, 6.45) is 0. The van der Waals surface area contributed by atoms with Crippen molar-refractivity contribution in [2.45, 2.75) is 13.0 Å². The molecule has 1 aromatic heterocycles. The SMILES string of the molecule is CC(c1ccccc1)n1c(=O)cc(Cl)[nH]c1=O. The number of hydrogen-bond donors (Lipinski definition) is 1. The molecule has 0 aliphatic heterocycles. The summed E-state index contributed by atoms with van der Waals surface area (Å²) in [5.74, 6) is 0. The van der Waals surface area contributed by atoms with Crippen LogP contribution < -0.4 is 11.2 Å². The largest absolute Gasteiger partial charge is 0.330 e. The molecule has 1 unspecified atom stereocenters. The van der Waals surface area contributed by atoms with Crippen molar-refractivity contribution in [3.05, 3.63) is 68.0 Å². The molecule has 0 amide bonds. The lowest BCUT2D eigenvalue weighted by molar-refractivity contribution is 0.578. The zero-order valence-corrected chi connectivity index (χ0v) is 9.94. The molecule has 0 saturated heterocycles. The molecule has 0 spiro atoms. The number of H-pyrrole nitrogens is 1. The Morgan fingerprint density at radius 2 is 1.88 bits per heavy atom. The smallest absolute Gasteiger partial charge is 0.298 e. The second-order valence-corrected chi connectivity index (χ2v) is 4.12. The van der Waals surface area contributed by atoms with Gasteiger partial charge in [-0.1, -0.05) is 41.9 Å². The van der Waals surface area contributed by atoms with Crippen LogP contribution in [-0.2, 0) is 0 Å². The third-order valence-corrected chi connectivity index (χ3v) is 2.81. The topological polar surface area (TPSA) is 54.9 Å². The molecule has 1 heterocycles. The van der Waals surface area contributed by atoms with E-state index in [1.54, 1.807) is 6.92 Å². The van der Waals surface area contributed by atoms with Crippen molar-refractivity contribution in [3.63, 3.8) is 0 Å². The average Bonchev–Trinajstić information content (AvgIpc) is 2.28. The lowest BCUT2D eigenvalue weighted by Crippen LogP contribution is -2.37. The third-order valence-electron chi connectivity index (χ3n) is 2.60. The van der Waals surface area contributed by atoms with Gasteiger partial charge >= 0.3 is 5.69 Å². The molecule has 2 rings (SSSR count). The number of nitrogens with one attached hydrogen (secondary N) is 1. The van der Waals surface area contributed by atoms with E-state index in [2.05, 4.69) is 4.98 Å². The van der Waals surface area contributed by atoms with Crippen LogP contribution in [0.1, 0.15) is 18.5 Å². The normalized spacial score (nSPS) is 12.4. The average molecular weight is 251 g/mol. The minimum Gasteiger partial charge on any atom is -0.298 e. The van der Waals surface area contributed by atoms with Gasteiger partial charge < -0.3 is 0 Å². The molecule has 1 N–H and O–H groups in total. The molecule has 17 heavy (non-hydrogen) atoms. The van der Waals surface area contributed by atoms with Gasteiger partial charge in [0, 0.05) is 6.07 Å². The number of halogens is 1. The monoisotopic (exact) mass is 250 g/mol. The quantitative estimate of drug-likeness (QED) is 0.827. The van der Waals surface area contributed by atoms with Gasteiger partial charge in [0.2, 0.25) is 0 Å². The lowest BCUT2D eigenvalue weighted by atomic mass is 10.1. The molecule has 1 atom stereocenters. The molecule has 0 bridgehead atoms. The van der Waals surface area contributed by atoms with Crippen molar-refractivity contribution in [1.82, 2.24) is 9.55 Å². The maximum Gasteiger partial charge on any atom is 0.330 e. The third kappa shape index (κ3) is 2.31. The molecule has 4 nitrogen and oxygen atoms in total. The van der Waals surface area contributed by atoms with E-state index in [4.69, 9.17) is 11.6 Å². The second-order valence-electron chi connectivity index (χ2n) is 3.72. The van der Waals surface area contributed by atoms with E-state index in [9.17, 15) is 9.59 Å². The first-order chi connectivity index (χ1) is 8.09. The highest BCUT2D eigenvalue weighted by Gasteiger charge is 2.12. The van der Waals surface area contributed by atoms with Gasteiger partial charge in [-0.3, -0.25) is 14.3 Å². The van der Waals surface area contributed by atoms with Crippen LogP contribution in [0, 0.1) is 0 Å². The molecular weight excluding hydrogens is 240 g/mol. The van der Waals surface area contributed by atoms with Crippen LogP contribution in [0.2, 0.25) is 5.15 Å². The van der Waals surface area contributed by atoms with Crippen molar-refractivity contribution < 1.29 is 0 Å². The fourth-order valence-electron chi connectivity index (χ4n) is 1.72. The Morgan fingerprint density at radius 3 is 2.47 bits per heavy atom. The standard InChI is InChI=1S/C12H11ClN2O2/c1-8(9-5-3-2-4-6-9)15-11(16)7-10(13)14-12(15)17/h2-8H,1H3,(H,14,17). The van der Waals surface area contributed by atoms with Gasteiger partial charge in [0.15, 0.2) is 0 Å². The maximum absolute atomic E-state index is 11.7. The predicted octanol–water partition coefficient (Wildman–Crippen LogP) is 1.80. The molecule has 0 radical (unpaired) electrons. The van der Waals surface area contributed by atoms with Gasteiger partial charge in [-0.05, 0) is 12.5 Å². The van der Waals surface area contributed by atoms with Crippen LogP contribution in [0.25, 0.3) is 0 Å². The summed E-state index contributed by atoms with van der Waals surface area (Å²) in [6, 6.07) is 10.2. The van der Waals surface area contributed by atoms with Crippen molar-refractivity contribution in [2.75, 3.05) is 0 Å². The first-order valence-corrected chi connectivity index (χ1v) is 5.53. The molecule has 0 aliphatic rings. The first kappa shape index (κ1) is 11.7. The molecule has 0 saturated carbocycles. The Balaban J connectivity index is 2.56. The van der Waals surface area contributed by atoms with Gasteiger partial charge in [0.05, 0.1) is 6.04 Å². The zero-order valence-electron chi connectivity index (χ0n) is 9.18. The number of nitrogens with zero attached hydrogens (tertiary/aromatic N) is 1. The van der Waals surface area contributed by atoms with Crippen molar-refractivity contribution in [2.24, 2.45) is 0 Å². The number of benzene rings is 1. The maximum atomic E-state index is 11.7. The summed E-state index contributed by atoms with van der Waals surface area (Å²) in [6.45, 7) is 1.79. The Labute approximate surface area is 102 Å². The first-order valence-electron chi connectivity index (χ1n) is 5.16. The summed E-state index contributed by atoms with van der Waals surface area (Å²) < 4.78 is 1.14. The highest BCUT2D eigenvalue weighted by molar-refractivity contribution is 6.29. The Morgan fingerprint density at radius 1 is 1.24 bits per heavy atom. The zero-order chi connectivity index (χ0) is 12.4. The van der Waals surface area contributed by atoms with Crippen molar-refractivity contribution >= 4 is 11.6 Å². The summed E-state index contributed by atoms with van der Waals surface area (Å²) in [5.41, 5.74) is -0.0172. The fourth-order valence-corrected chi connectivity index (χ4v) is 1.90. The minimum absolute atomic E-state index is 0.0523. The minimum atomic E-state index is -0.501. The van der Waals surface area contributed by atoms with Crippen LogP contribution in [-0.4, -0.2) is 9.55 Å². The highest BCUT2D eigenvalue weighted by Crippen LogP contribution is 2.13. The highest BCUT2D eigenvalue weighted by atomic mass is 35.5. The Bertz CT molecular complexity index is 600. The van der Waals surface area contributed by atoms with Crippen LogP contribution in [0.3, 0.4) is 0 Å². The van der Waals surface area contributed by atoms with Crippen LogP contribution in [0.4, 0.5) is 0 Å². The predicted molar refractivity (Wildman–Crippen MR) is 66.6 cm³/mol. The van der Waals surface area contributed by atoms with E-state index in [0.29, 0.717) is 0 Å². The van der Waals surface area contributed by atoms with Crippen LogP contribution in [0.5, 0.6) is 0 Å². The Kier molecular flexibility index (Phi) is 3.15. The summed E-state index contributed by atoms with van der Waals surface area (Å²) >= 11 is 5.60. The van der Waals surface area contributed by atoms with E-state index >= 15 is 0 Å². The summed E-state index contributed by atoms with van der Waals surface area (Å²) in [7, 11) is 0. The fraction of sp³-hybridized carbons (Fsp3) is 0.167. The van der Waals surface area contributed by atoms with Gasteiger partial charge in [-0.2, -0.15) is 0 Å². The van der Waals surface area contributed by atoms with Crippen LogP contribution >= 0.6 is 11.6 Å². The number of aromatic amines is 1. The number of rotatable bonds is 2. The van der Waals surface area contributed by atoms with Crippen molar-refractivity contribution in [3.8, 4) is 0 Å². The molecule has 1 aromatic carbocycles. The van der Waals surface area contributed by atoms with E-state index in [1.807, 2.05) is 30.3 Å². The number of hydrogen-bond acceptors (Lipinski definition) is 2. The molecule has 88 valence electrons. The van der Waals surface area contributed by atoms with E-state index in [-0.39, 0.29) is 11.2 Å². The molecule has 0 aliphatic carbocycles. The van der Waals surface area contributed by atoms with Gasteiger partial charge in [0.25, 0.3) is 5.56 Å². The van der Waals surface area contributed by atoms with Crippen LogP contribution in [0.15, 0.2) is 46.0 Å².